The van der Waals surface area contributed by atoms with Crippen molar-refractivity contribution in [2.75, 3.05) is 39.9 Å². The third-order valence-corrected chi connectivity index (χ3v) is 6.86. The lowest BCUT2D eigenvalue weighted by Gasteiger charge is -2.29. The molecule has 3 aromatic rings. The van der Waals surface area contributed by atoms with Crippen LogP contribution in [0.2, 0.25) is 5.02 Å². The Morgan fingerprint density at radius 3 is 2.86 bits per heavy atom. The van der Waals surface area contributed by atoms with E-state index >= 15 is 0 Å². The Labute approximate surface area is 211 Å². The highest BCUT2D eigenvalue weighted by Crippen LogP contribution is 2.39. The zero-order chi connectivity index (χ0) is 24.2. The monoisotopic (exact) mass is 491 g/mol. The largest absolute Gasteiger partial charge is 0.489 e. The minimum atomic E-state index is -0.108. The van der Waals surface area contributed by atoms with E-state index in [4.69, 9.17) is 21.1 Å². The Hall–Kier alpha value is -3.09. The van der Waals surface area contributed by atoms with Gasteiger partial charge in [-0.05, 0) is 74.0 Å². The normalized spacial score (nSPS) is 18.3. The first-order valence-electron chi connectivity index (χ1n) is 12.1. The fourth-order valence-corrected chi connectivity index (χ4v) is 5.06. The number of halogens is 1. The summed E-state index contributed by atoms with van der Waals surface area (Å²) in [7, 11) is 2.16. The fraction of sp³-hybridized carbons (Fsp3) is 0.357. The number of benzene rings is 2. The summed E-state index contributed by atoms with van der Waals surface area (Å²) < 4.78 is 12.6. The molecule has 1 atom stereocenters. The first-order valence-corrected chi connectivity index (χ1v) is 12.5. The number of hydrogen-bond donors (Lipinski definition) is 0. The average Bonchev–Trinajstić information content (AvgIpc) is 3.10. The molecule has 2 aliphatic heterocycles. The standard InChI is InChI=1S/C28H30ClN3O3/c1-31-11-5-6-20(17-31)19-35-26-16-22(21-7-4-8-24(29)15-21)14-23-18-32(12-13-34-27(23)26)28(33)25-9-2-3-10-30-25/h2-4,7-10,14-16,20H,5-6,11-13,17-19H2,1H3/t20-/m1/s1. The van der Waals surface area contributed by atoms with Crippen molar-refractivity contribution in [1.29, 1.82) is 0 Å². The van der Waals surface area contributed by atoms with Crippen molar-refractivity contribution < 1.29 is 14.3 Å². The van der Waals surface area contributed by atoms with Gasteiger partial charge in [-0.2, -0.15) is 0 Å². The molecule has 2 aliphatic rings. The summed E-state index contributed by atoms with van der Waals surface area (Å²) in [6.45, 7) is 4.09. The number of pyridine rings is 1. The van der Waals surface area contributed by atoms with E-state index in [1.54, 1.807) is 17.2 Å². The van der Waals surface area contributed by atoms with Crippen molar-refractivity contribution in [1.82, 2.24) is 14.8 Å². The lowest BCUT2D eigenvalue weighted by Crippen LogP contribution is -2.34. The molecule has 5 rings (SSSR count). The SMILES string of the molecule is CN1CCC[C@@H](COc2cc(-c3cccc(Cl)c3)cc3c2OCCN(C(=O)c2ccccn2)C3)C1. The van der Waals surface area contributed by atoms with Gasteiger partial charge in [-0.3, -0.25) is 9.78 Å². The summed E-state index contributed by atoms with van der Waals surface area (Å²) in [5, 5.41) is 0.674. The van der Waals surface area contributed by atoms with Crippen LogP contribution in [-0.4, -0.2) is 60.6 Å². The van der Waals surface area contributed by atoms with Gasteiger partial charge in [0.1, 0.15) is 12.3 Å². The van der Waals surface area contributed by atoms with Gasteiger partial charge in [0.05, 0.1) is 13.2 Å². The second kappa shape index (κ2) is 10.7. The van der Waals surface area contributed by atoms with Crippen molar-refractivity contribution in [3.05, 3.63) is 77.1 Å². The van der Waals surface area contributed by atoms with Gasteiger partial charge >= 0.3 is 0 Å². The Morgan fingerprint density at radius 2 is 2.06 bits per heavy atom. The molecule has 1 fully saturated rings. The highest BCUT2D eigenvalue weighted by Gasteiger charge is 2.26. The smallest absolute Gasteiger partial charge is 0.272 e. The van der Waals surface area contributed by atoms with E-state index in [0.717, 1.165) is 47.7 Å². The summed E-state index contributed by atoms with van der Waals surface area (Å²) in [5.41, 5.74) is 3.33. The summed E-state index contributed by atoms with van der Waals surface area (Å²) in [5.74, 6) is 1.81. The molecule has 6 nitrogen and oxygen atoms in total. The number of hydrogen-bond acceptors (Lipinski definition) is 5. The number of likely N-dealkylation sites (tertiary alicyclic amines) is 1. The second-order valence-electron chi connectivity index (χ2n) is 9.34. The van der Waals surface area contributed by atoms with E-state index in [9.17, 15) is 4.79 Å². The van der Waals surface area contributed by atoms with Crippen LogP contribution in [0.1, 0.15) is 28.9 Å². The number of amides is 1. The quantitative estimate of drug-likeness (QED) is 0.493. The lowest BCUT2D eigenvalue weighted by atomic mass is 9.99. The highest BCUT2D eigenvalue weighted by molar-refractivity contribution is 6.30. The first-order chi connectivity index (χ1) is 17.1. The molecule has 0 bridgehead atoms. The Morgan fingerprint density at radius 1 is 1.14 bits per heavy atom. The maximum Gasteiger partial charge on any atom is 0.272 e. The van der Waals surface area contributed by atoms with Crippen LogP contribution in [0.5, 0.6) is 11.5 Å². The van der Waals surface area contributed by atoms with Crippen molar-refractivity contribution in [3.8, 4) is 22.6 Å². The molecular formula is C28H30ClN3O3. The van der Waals surface area contributed by atoms with Crippen LogP contribution in [0, 0.1) is 5.92 Å². The molecule has 1 aromatic heterocycles. The predicted molar refractivity (Wildman–Crippen MR) is 137 cm³/mol. The molecule has 1 amide bonds. The zero-order valence-corrected chi connectivity index (χ0v) is 20.7. The molecule has 3 heterocycles. The molecule has 0 N–H and O–H groups in total. The summed E-state index contributed by atoms with van der Waals surface area (Å²) in [6, 6.07) is 17.3. The summed E-state index contributed by atoms with van der Waals surface area (Å²) in [4.78, 5) is 21.6. The molecule has 0 radical (unpaired) electrons. The molecule has 182 valence electrons. The molecular weight excluding hydrogens is 462 g/mol. The summed E-state index contributed by atoms with van der Waals surface area (Å²) >= 11 is 6.29. The van der Waals surface area contributed by atoms with Gasteiger partial charge in [-0.1, -0.05) is 29.8 Å². The van der Waals surface area contributed by atoms with Crippen LogP contribution in [0.15, 0.2) is 60.8 Å². The number of ether oxygens (including phenoxy) is 2. The zero-order valence-electron chi connectivity index (χ0n) is 20.0. The minimum Gasteiger partial charge on any atom is -0.489 e. The molecule has 1 saturated heterocycles. The Bertz CT molecular complexity index is 1190. The van der Waals surface area contributed by atoms with E-state index in [1.807, 2.05) is 42.5 Å². The van der Waals surface area contributed by atoms with Crippen molar-refractivity contribution in [3.63, 3.8) is 0 Å². The van der Waals surface area contributed by atoms with E-state index < -0.39 is 0 Å². The lowest BCUT2D eigenvalue weighted by molar-refractivity contribution is 0.0727. The Balaban J connectivity index is 1.47. The van der Waals surface area contributed by atoms with Gasteiger partial charge < -0.3 is 19.3 Å². The first kappa shape index (κ1) is 23.6. The third-order valence-electron chi connectivity index (χ3n) is 6.63. The van der Waals surface area contributed by atoms with E-state index in [0.29, 0.717) is 42.9 Å². The molecule has 0 spiro atoms. The summed E-state index contributed by atoms with van der Waals surface area (Å²) in [6.07, 6.45) is 3.99. The number of carbonyl (C=O) groups excluding carboxylic acids is 1. The maximum atomic E-state index is 13.2. The molecule has 0 unspecified atom stereocenters. The number of nitrogens with zero attached hydrogens (tertiary/aromatic N) is 3. The Kier molecular flexibility index (Phi) is 7.21. The topological polar surface area (TPSA) is 54.9 Å². The van der Waals surface area contributed by atoms with Crippen LogP contribution in [0.3, 0.4) is 0 Å². The van der Waals surface area contributed by atoms with E-state index in [2.05, 4.69) is 23.0 Å². The second-order valence-corrected chi connectivity index (χ2v) is 9.78. The van der Waals surface area contributed by atoms with Crippen LogP contribution >= 0.6 is 11.6 Å². The number of piperidine rings is 1. The predicted octanol–water partition coefficient (Wildman–Crippen LogP) is 5.16. The molecule has 0 saturated carbocycles. The van der Waals surface area contributed by atoms with Gasteiger partial charge in [-0.15, -0.1) is 0 Å². The molecule has 7 heteroatoms. The van der Waals surface area contributed by atoms with Gasteiger partial charge in [0.2, 0.25) is 0 Å². The van der Waals surface area contributed by atoms with Gasteiger partial charge in [0, 0.05) is 35.8 Å². The van der Waals surface area contributed by atoms with Crippen LogP contribution in [0.4, 0.5) is 0 Å². The molecule has 0 aliphatic carbocycles. The van der Waals surface area contributed by atoms with Gasteiger partial charge in [-0.25, -0.2) is 0 Å². The maximum absolute atomic E-state index is 13.2. The van der Waals surface area contributed by atoms with Crippen molar-refractivity contribution in [2.45, 2.75) is 19.4 Å². The van der Waals surface area contributed by atoms with Crippen molar-refractivity contribution in [2.24, 2.45) is 5.92 Å². The minimum absolute atomic E-state index is 0.108. The van der Waals surface area contributed by atoms with E-state index in [-0.39, 0.29) is 5.91 Å². The van der Waals surface area contributed by atoms with Crippen LogP contribution < -0.4 is 9.47 Å². The van der Waals surface area contributed by atoms with Crippen molar-refractivity contribution >= 4 is 17.5 Å². The molecule has 2 aromatic carbocycles. The molecule has 35 heavy (non-hydrogen) atoms. The number of aromatic nitrogens is 1. The van der Waals surface area contributed by atoms with Gasteiger partial charge in [0.15, 0.2) is 11.5 Å². The third kappa shape index (κ3) is 5.60. The highest BCUT2D eigenvalue weighted by atomic mass is 35.5. The number of carbonyl (C=O) groups is 1. The van der Waals surface area contributed by atoms with Gasteiger partial charge in [0.25, 0.3) is 5.91 Å². The van der Waals surface area contributed by atoms with Crippen LogP contribution in [0.25, 0.3) is 11.1 Å². The number of rotatable bonds is 5. The number of fused-ring (bicyclic) bond motifs is 1. The van der Waals surface area contributed by atoms with E-state index in [1.165, 1.54) is 6.42 Å². The average molecular weight is 492 g/mol. The van der Waals surface area contributed by atoms with Crippen LogP contribution in [-0.2, 0) is 6.54 Å². The fourth-order valence-electron chi connectivity index (χ4n) is 4.87.